The van der Waals surface area contributed by atoms with Crippen LogP contribution in [0.15, 0.2) is 60.7 Å². The van der Waals surface area contributed by atoms with Crippen molar-refractivity contribution in [2.75, 3.05) is 19.8 Å². The van der Waals surface area contributed by atoms with Crippen LogP contribution in [0, 0.1) is 23.0 Å². The maximum atomic E-state index is 15.9. The molecular formula is C32H31Cl2F2N3O5. The smallest absolute Gasteiger partial charge is 0.255 e. The molecule has 2 amide bonds. The summed E-state index contributed by atoms with van der Waals surface area (Å²) in [6.07, 6.45) is -1.15. The first-order valence-electron chi connectivity index (χ1n) is 13.9. The highest BCUT2D eigenvalue weighted by Crippen LogP contribution is 2.54. The van der Waals surface area contributed by atoms with Crippen LogP contribution in [0.3, 0.4) is 0 Å². The molecule has 5 atom stereocenters. The summed E-state index contributed by atoms with van der Waals surface area (Å²) in [5.74, 6) is -4.35. The number of benzene rings is 3. The molecule has 44 heavy (non-hydrogen) atoms. The van der Waals surface area contributed by atoms with Gasteiger partial charge in [0.2, 0.25) is 5.91 Å². The Labute approximate surface area is 263 Å². The van der Waals surface area contributed by atoms with E-state index in [-0.39, 0.29) is 39.7 Å². The Morgan fingerprint density at radius 2 is 1.89 bits per heavy atom. The molecule has 1 heterocycles. The van der Waals surface area contributed by atoms with Gasteiger partial charge in [-0.05, 0) is 62.2 Å². The van der Waals surface area contributed by atoms with Crippen molar-refractivity contribution in [3.8, 4) is 11.8 Å². The van der Waals surface area contributed by atoms with Crippen molar-refractivity contribution < 1.29 is 33.3 Å². The number of carbonyl (C=O) groups is 2. The highest BCUT2D eigenvalue weighted by Gasteiger charge is 2.64. The lowest BCUT2D eigenvalue weighted by Gasteiger charge is -2.34. The zero-order valence-corrected chi connectivity index (χ0v) is 25.4. The number of nitrogens with zero attached hydrogens (tertiary/aromatic N) is 2. The van der Waals surface area contributed by atoms with Gasteiger partial charge in [-0.1, -0.05) is 47.5 Å². The number of halogens is 4. The SMILES string of the molecule is CCOc1cccc(C(=O)N2[C@@H](C)[C@](C#N)(c3ccc(Cl)cc3F)[C@@H](c3cccc(Cl)c3F)[C@@H]2C(=O)NCCC(O)CO)c1. The summed E-state index contributed by atoms with van der Waals surface area (Å²) in [6.45, 7) is 2.94. The van der Waals surface area contributed by atoms with Crippen molar-refractivity contribution in [1.82, 2.24) is 10.2 Å². The summed E-state index contributed by atoms with van der Waals surface area (Å²) in [4.78, 5) is 29.6. The minimum Gasteiger partial charge on any atom is -0.494 e. The molecule has 8 nitrogen and oxygen atoms in total. The van der Waals surface area contributed by atoms with Crippen LogP contribution >= 0.6 is 23.2 Å². The van der Waals surface area contributed by atoms with Gasteiger partial charge in [-0.3, -0.25) is 9.59 Å². The van der Waals surface area contributed by atoms with Gasteiger partial charge in [0.1, 0.15) is 28.8 Å². The largest absolute Gasteiger partial charge is 0.494 e. The second-order valence-corrected chi connectivity index (χ2v) is 11.3. The van der Waals surface area contributed by atoms with Crippen LogP contribution in [0.2, 0.25) is 10.0 Å². The third-order valence-corrected chi connectivity index (χ3v) is 8.47. The summed E-state index contributed by atoms with van der Waals surface area (Å²) in [5.41, 5.74) is -2.26. The van der Waals surface area contributed by atoms with Crippen molar-refractivity contribution in [3.05, 3.63) is 99.0 Å². The molecule has 1 saturated heterocycles. The van der Waals surface area contributed by atoms with E-state index in [4.69, 9.17) is 27.9 Å². The fourth-order valence-electron chi connectivity index (χ4n) is 5.92. The first kappa shape index (κ1) is 33.1. The van der Waals surface area contributed by atoms with Crippen LogP contribution in [0.5, 0.6) is 5.75 Å². The van der Waals surface area contributed by atoms with Crippen LogP contribution in [-0.2, 0) is 10.2 Å². The molecule has 1 unspecified atom stereocenters. The average molecular weight is 647 g/mol. The molecule has 12 heteroatoms. The van der Waals surface area contributed by atoms with Crippen molar-refractivity contribution in [3.63, 3.8) is 0 Å². The number of amides is 2. The predicted molar refractivity (Wildman–Crippen MR) is 161 cm³/mol. The Morgan fingerprint density at radius 1 is 1.16 bits per heavy atom. The number of likely N-dealkylation sites (tertiary alicyclic amines) is 1. The number of aliphatic hydroxyl groups is 2. The number of aliphatic hydroxyl groups excluding tert-OH is 2. The van der Waals surface area contributed by atoms with Gasteiger partial charge in [0.15, 0.2) is 0 Å². The van der Waals surface area contributed by atoms with E-state index in [1.54, 1.807) is 19.1 Å². The fourth-order valence-corrected chi connectivity index (χ4v) is 6.26. The molecule has 1 fully saturated rings. The van der Waals surface area contributed by atoms with Crippen molar-refractivity contribution >= 4 is 35.0 Å². The topological polar surface area (TPSA) is 123 Å². The highest BCUT2D eigenvalue weighted by molar-refractivity contribution is 6.31. The van der Waals surface area contributed by atoms with Gasteiger partial charge in [0.25, 0.3) is 5.91 Å². The number of hydrogen-bond acceptors (Lipinski definition) is 6. The van der Waals surface area contributed by atoms with E-state index < -0.39 is 59.6 Å². The van der Waals surface area contributed by atoms with E-state index >= 15 is 8.78 Å². The van der Waals surface area contributed by atoms with E-state index in [0.29, 0.717) is 12.4 Å². The molecule has 232 valence electrons. The molecule has 3 N–H and O–H groups in total. The number of nitrogens with one attached hydrogen (secondary N) is 1. The minimum absolute atomic E-state index is 0.0275. The minimum atomic E-state index is -2.01. The van der Waals surface area contributed by atoms with E-state index in [9.17, 15) is 25.1 Å². The zero-order valence-electron chi connectivity index (χ0n) is 23.9. The van der Waals surface area contributed by atoms with E-state index in [2.05, 4.69) is 11.4 Å². The lowest BCUT2D eigenvalue weighted by molar-refractivity contribution is -0.125. The first-order valence-corrected chi connectivity index (χ1v) is 14.7. The number of carbonyl (C=O) groups excluding carboxylic acids is 2. The maximum absolute atomic E-state index is 15.9. The van der Waals surface area contributed by atoms with E-state index in [1.165, 1.54) is 49.4 Å². The predicted octanol–water partition coefficient (Wildman–Crippen LogP) is 4.99. The summed E-state index contributed by atoms with van der Waals surface area (Å²) in [6, 6.07) is 13.4. The molecule has 4 rings (SSSR count). The average Bonchev–Trinajstić information content (AvgIpc) is 3.26. The van der Waals surface area contributed by atoms with Crippen LogP contribution in [0.1, 0.15) is 47.7 Å². The number of hydrogen-bond donors (Lipinski definition) is 3. The van der Waals surface area contributed by atoms with Gasteiger partial charge in [-0.15, -0.1) is 0 Å². The van der Waals surface area contributed by atoms with Gasteiger partial charge in [-0.25, -0.2) is 8.78 Å². The Bertz CT molecular complexity index is 1590. The molecule has 0 aromatic heterocycles. The third-order valence-electron chi connectivity index (χ3n) is 7.94. The normalized spacial score (nSPS) is 21.9. The van der Waals surface area contributed by atoms with E-state index in [1.807, 2.05) is 0 Å². The monoisotopic (exact) mass is 645 g/mol. The maximum Gasteiger partial charge on any atom is 0.255 e. The molecule has 0 saturated carbocycles. The third kappa shape index (κ3) is 6.10. The lowest BCUT2D eigenvalue weighted by atomic mass is 9.65. The molecular weight excluding hydrogens is 615 g/mol. The fraction of sp³-hybridized carbons (Fsp3) is 0.344. The second kappa shape index (κ2) is 13.9. The molecule has 3 aromatic rings. The summed E-state index contributed by atoms with van der Waals surface area (Å²) >= 11 is 12.2. The van der Waals surface area contributed by atoms with Crippen LogP contribution in [0.25, 0.3) is 0 Å². The van der Waals surface area contributed by atoms with Gasteiger partial charge in [-0.2, -0.15) is 5.26 Å². The Morgan fingerprint density at radius 3 is 2.55 bits per heavy atom. The molecule has 0 radical (unpaired) electrons. The second-order valence-electron chi connectivity index (χ2n) is 10.4. The Hall–Kier alpha value is -3.75. The number of ether oxygens (including phenoxy) is 1. The zero-order chi connectivity index (χ0) is 32.2. The lowest BCUT2D eigenvalue weighted by Crippen LogP contribution is -2.50. The summed E-state index contributed by atoms with van der Waals surface area (Å²) in [5, 5.41) is 32.4. The van der Waals surface area contributed by atoms with Crippen LogP contribution in [-0.4, -0.2) is 64.9 Å². The number of nitriles is 1. The molecule has 1 aliphatic rings. The molecule has 1 aliphatic heterocycles. The molecule has 3 aromatic carbocycles. The Kier molecular flexibility index (Phi) is 10.5. The van der Waals surface area contributed by atoms with E-state index in [0.717, 1.165) is 11.0 Å². The standard InChI is InChI=1S/C32H31Cl2F2N3O5/c1-3-44-22-7-4-6-19(14-22)31(43)39-18(2)32(17-37,24-11-10-20(33)15-26(24)35)27(23-8-5-9-25(34)28(23)36)29(39)30(42)38-13-12-21(41)16-40/h4-11,14-15,18,21,27,29,40-41H,3,12-13,16H2,1-2H3,(H,38,42)/t18-,21?,27-,29+,32+/m0/s1. The number of rotatable bonds is 10. The van der Waals surface area contributed by atoms with Crippen molar-refractivity contribution in [2.24, 2.45) is 0 Å². The summed E-state index contributed by atoms with van der Waals surface area (Å²) < 4.78 is 37.2. The quantitative estimate of drug-likeness (QED) is 0.286. The van der Waals surface area contributed by atoms with Crippen LogP contribution < -0.4 is 10.1 Å². The van der Waals surface area contributed by atoms with Gasteiger partial charge < -0.3 is 25.2 Å². The Balaban J connectivity index is 1.99. The van der Waals surface area contributed by atoms with Crippen molar-refractivity contribution in [1.29, 1.82) is 5.26 Å². The molecule has 0 bridgehead atoms. The molecule has 0 aliphatic carbocycles. The van der Waals surface area contributed by atoms with Crippen molar-refractivity contribution in [2.45, 2.75) is 49.8 Å². The summed E-state index contributed by atoms with van der Waals surface area (Å²) in [7, 11) is 0. The van der Waals surface area contributed by atoms with Gasteiger partial charge >= 0.3 is 0 Å². The van der Waals surface area contributed by atoms with Crippen LogP contribution in [0.4, 0.5) is 8.78 Å². The molecule has 0 spiro atoms. The van der Waals surface area contributed by atoms with Gasteiger partial charge in [0.05, 0.1) is 36.5 Å². The van der Waals surface area contributed by atoms with Gasteiger partial charge in [0, 0.05) is 28.6 Å². The highest BCUT2D eigenvalue weighted by atomic mass is 35.5. The first-order chi connectivity index (χ1) is 21.0.